The smallest absolute Gasteiger partial charge is 0.226 e. The average Bonchev–Trinajstić information content (AvgIpc) is 2.73. The van der Waals surface area contributed by atoms with E-state index in [2.05, 4.69) is 17.4 Å². The Morgan fingerprint density at radius 3 is 3.00 bits per heavy atom. The Labute approximate surface area is 117 Å². The summed E-state index contributed by atoms with van der Waals surface area (Å²) >= 11 is 0. The maximum atomic E-state index is 12.1. The van der Waals surface area contributed by atoms with E-state index >= 15 is 0 Å². The summed E-state index contributed by atoms with van der Waals surface area (Å²) in [6.07, 6.45) is 1.16. The molecule has 1 amide bonds. The molecule has 1 fully saturated rings. The number of aliphatic hydroxyl groups excluding tert-OH is 1. The second-order valence-electron chi connectivity index (χ2n) is 5.95. The van der Waals surface area contributed by atoms with Gasteiger partial charge in [-0.3, -0.25) is 4.79 Å². The first-order valence-electron chi connectivity index (χ1n) is 7.20. The molecular formula is C16H18N2O2. The van der Waals surface area contributed by atoms with E-state index in [1.807, 2.05) is 23.7 Å². The minimum absolute atomic E-state index is 0.00431. The molecule has 2 aliphatic rings. The van der Waals surface area contributed by atoms with Crippen LogP contribution in [0.5, 0.6) is 0 Å². The molecule has 4 heteroatoms. The lowest BCUT2D eigenvalue weighted by Crippen LogP contribution is -2.47. The van der Waals surface area contributed by atoms with Crippen molar-refractivity contribution in [2.45, 2.75) is 18.9 Å². The predicted octanol–water partition coefficient (Wildman–Crippen LogP) is 1.52. The largest absolute Gasteiger partial charge is 0.386 e. The van der Waals surface area contributed by atoms with Crippen LogP contribution >= 0.6 is 0 Å². The Morgan fingerprint density at radius 1 is 1.35 bits per heavy atom. The number of piperidine rings is 1. The van der Waals surface area contributed by atoms with E-state index < -0.39 is 6.10 Å². The van der Waals surface area contributed by atoms with E-state index in [4.69, 9.17) is 0 Å². The molecule has 3 unspecified atom stereocenters. The number of amides is 1. The number of carbonyl (C=O) groups excluding carboxylic acids is 1. The average molecular weight is 270 g/mol. The molecule has 0 saturated carbocycles. The van der Waals surface area contributed by atoms with Gasteiger partial charge in [-0.25, -0.2) is 0 Å². The highest BCUT2D eigenvalue weighted by molar-refractivity contribution is 5.88. The van der Waals surface area contributed by atoms with Gasteiger partial charge in [-0.05, 0) is 30.4 Å². The van der Waals surface area contributed by atoms with E-state index in [9.17, 15) is 9.90 Å². The van der Waals surface area contributed by atoms with E-state index in [0.717, 1.165) is 30.6 Å². The number of rotatable bonds is 0. The Balaban J connectivity index is 1.95. The van der Waals surface area contributed by atoms with Gasteiger partial charge in [-0.2, -0.15) is 0 Å². The van der Waals surface area contributed by atoms with Crippen molar-refractivity contribution in [2.75, 3.05) is 6.54 Å². The van der Waals surface area contributed by atoms with E-state index in [1.54, 1.807) is 0 Å². The van der Waals surface area contributed by atoms with Crippen LogP contribution in [-0.4, -0.2) is 22.1 Å². The normalized spacial score (nSPS) is 28.9. The number of benzene rings is 1. The maximum absolute atomic E-state index is 12.1. The van der Waals surface area contributed by atoms with E-state index in [1.165, 1.54) is 10.9 Å². The third-order valence-corrected chi connectivity index (χ3v) is 4.97. The second kappa shape index (κ2) is 4.09. The zero-order valence-electron chi connectivity index (χ0n) is 11.5. The lowest BCUT2D eigenvalue weighted by molar-refractivity contribution is -0.134. The molecule has 2 N–H and O–H groups in total. The Hall–Kier alpha value is -1.81. The predicted molar refractivity (Wildman–Crippen MR) is 76.2 cm³/mol. The lowest BCUT2D eigenvalue weighted by atomic mass is 9.72. The number of fused-ring (bicyclic) bond motifs is 4. The van der Waals surface area contributed by atoms with E-state index in [-0.39, 0.29) is 17.7 Å². The fourth-order valence-corrected chi connectivity index (χ4v) is 4.04. The molecule has 4 rings (SSSR count). The topological polar surface area (TPSA) is 54.3 Å². The summed E-state index contributed by atoms with van der Waals surface area (Å²) in [5.74, 6) is -0.0269. The van der Waals surface area contributed by atoms with Crippen molar-refractivity contribution in [1.29, 1.82) is 0 Å². The van der Waals surface area contributed by atoms with Gasteiger partial charge in [0.1, 0.15) is 6.10 Å². The zero-order valence-corrected chi connectivity index (χ0v) is 11.5. The van der Waals surface area contributed by atoms with Gasteiger partial charge >= 0.3 is 0 Å². The summed E-state index contributed by atoms with van der Waals surface area (Å²) in [6, 6.07) is 8.24. The molecule has 1 aliphatic heterocycles. The van der Waals surface area contributed by atoms with Crippen LogP contribution < -0.4 is 5.32 Å². The monoisotopic (exact) mass is 270 g/mol. The SMILES string of the molecule is Cn1c2c(c3ccccc31)CC1CCNC(=O)C1C2O. The lowest BCUT2D eigenvalue weighted by Gasteiger charge is -2.38. The third kappa shape index (κ3) is 1.43. The van der Waals surface area contributed by atoms with Gasteiger partial charge in [0.2, 0.25) is 5.91 Å². The number of aliphatic hydroxyl groups is 1. The van der Waals surface area contributed by atoms with Crippen LogP contribution in [0.25, 0.3) is 10.9 Å². The van der Waals surface area contributed by atoms with Crippen LogP contribution in [0.1, 0.15) is 23.8 Å². The number of para-hydroxylation sites is 1. The van der Waals surface area contributed by atoms with Crippen LogP contribution in [0.15, 0.2) is 24.3 Å². The quantitative estimate of drug-likeness (QED) is 0.762. The van der Waals surface area contributed by atoms with Crippen molar-refractivity contribution in [3.63, 3.8) is 0 Å². The van der Waals surface area contributed by atoms with Gasteiger partial charge in [0, 0.05) is 24.5 Å². The van der Waals surface area contributed by atoms with Crippen LogP contribution in [0.2, 0.25) is 0 Å². The van der Waals surface area contributed by atoms with Crippen LogP contribution in [0.3, 0.4) is 0 Å². The molecule has 0 bridgehead atoms. The number of aryl methyl sites for hydroxylation is 1. The highest BCUT2D eigenvalue weighted by atomic mass is 16.3. The first-order valence-corrected chi connectivity index (χ1v) is 7.20. The van der Waals surface area contributed by atoms with Gasteiger partial charge in [0.25, 0.3) is 0 Å². The van der Waals surface area contributed by atoms with Gasteiger partial charge in [0.05, 0.1) is 11.6 Å². The molecule has 2 aromatic rings. The van der Waals surface area contributed by atoms with Gasteiger partial charge < -0.3 is 15.0 Å². The third-order valence-electron chi connectivity index (χ3n) is 4.97. The Morgan fingerprint density at radius 2 is 2.15 bits per heavy atom. The first kappa shape index (κ1) is 12.0. The molecule has 4 nitrogen and oxygen atoms in total. The molecule has 20 heavy (non-hydrogen) atoms. The number of aromatic nitrogens is 1. The van der Waals surface area contributed by atoms with Crippen molar-refractivity contribution < 1.29 is 9.90 Å². The number of hydrogen-bond donors (Lipinski definition) is 2. The second-order valence-corrected chi connectivity index (χ2v) is 5.95. The van der Waals surface area contributed by atoms with Crippen molar-refractivity contribution in [3.05, 3.63) is 35.5 Å². The first-order chi connectivity index (χ1) is 9.68. The number of nitrogens with zero attached hydrogens (tertiary/aromatic N) is 1. The molecule has 104 valence electrons. The summed E-state index contributed by atoms with van der Waals surface area (Å²) in [6.45, 7) is 0.729. The van der Waals surface area contributed by atoms with Crippen LogP contribution in [-0.2, 0) is 18.3 Å². The minimum atomic E-state index is -0.693. The van der Waals surface area contributed by atoms with Gasteiger partial charge in [-0.15, -0.1) is 0 Å². The number of carbonyl (C=O) groups is 1. The summed E-state index contributed by atoms with van der Waals surface area (Å²) < 4.78 is 2.05. The molecule has 0 spiro atoms. The molecule has 0 radical (unpaired) electrons. The molecule has 1 aliphatic carbocycles. The summed E-state index contributed by atoms with van der Waals surface area (Å²) in [4.78, 5) is 12.1. The summed E-state index contributed by atoms with van der Waals surface area (Å²) in [5.41, 5.74) is 3.28. The Kier molecular flexibility index (Phi) is 2.45. The van der Waals surface area contributed by atoms with Crippen LogP contribution in [0.4, 0.5) is 0 Å². The number of nitrogens with one attached hydrogen (secondary N) is 1. The molecule has 1 aromatic carbocycles. The van der Waals surface area contributed by atoms with Crippen molar-refractivity contribution in [1.82, 2.24) is 9.88 Å². The molecule has 1 saturated heterocycles. The van der Waals surface area contributed by atoms with Crippen molar-refractivity contribution in [3.8, 4) is 0 Å². The molecular weight excluding hydrogens is 252 g/mol. The molecule has 1 aromatic heterocycles. The van der Waals surface area contributed by atoms with E-state index in [0.29, 0.717) is 0 Å². The fourth-order valence-electron chi connectivity index (χ4n) is 4.04. The molecule has 2 heterocycles. The highest BCUT2D eigenvalue weighted by Crippen LogP contribution is 2.44. The number of hydrogen-bond acceptors (Lipinski definition) is 2. The molecule has 3 atom stereocenters. The standard InChI is InChI=1S/C16H18N2O2/c1-18-12-5-3-2-4-10(12)11-8-9-6-7-17-16(20)13(9)15(19)14(11)18/h2-5,9,13,15,19H,6-8H2,1H3,(H,17,20). The van der Waals surface area contributed by atoms with Crippen LogP contribution in [0, 0.1) is 11.8 Å². The zero-order chi connectivity index (χ0) is 13.9. The van der Waals surface area contributed by atoms with Crippen molar-refractivity contribution >= 4 is 16.8 Å². The maximum Gasteiger partial charge on any atom is 0.226 e. The highest BCUT2D eigenvalue weighted by Gasteiger charge is 2.44. The summed E-state index contributed by atoms with van der Waals surface area (Å²) in [5, 5.41) is 14.8. The van der Waals surface area contributed by atoms with Gasteiger partial charge in [0.15, 0.2) is 0 Å². The van der Waals surface area contributed by atoms with Crippen molar-refractivity contribution in [2.24, 2.45) is 18.9 Å². The Bertz CT molecular complexity index is 704. The minimum Gasteiger partial charge on any atom is -0.386 e. The fraction of sp³-hybridized carbons (Fsp3) is 0.438. The van der Waals surface area contributed by atoms with Gasteiger partial charge in [-0.1, -0.05) is 18.2 Å². The summed E-state index contributed by atoms with van der Waals surface area (Å²) in [7, 11) is 1.98.